The number of hydrogen-bond acceptors (Lipinski definition) is 3. The van der Waals surface area contributed by atoms with Gasteiger partial charge in [0.1, 0.15) is 5.60 Å². The van der Waals surface area contributed by atoms with Gasteiger partial charge in [-0.2, -0.15) is 0 Å². The maximum atomic E-state index is 12.4. The summed E-state index contributed by atoms with van der Waals surface area (Å²) < 4.78 is 5.46. The molecular formula is C22H27NO2S. The molecule has 26 heavy (non-hydrogen) atoms. The van der Waals surface area contributed by atoms with Crippen LogP contribution >= 0.6 is 11.8 Å². The molecule has 0 heterocycles. The molecule has 2 atom stereocenters. The van der Waals surface area contributed by atoms with Crippen LogP contribution in [0.4, 0.5) is 4.79 Å². The van der Waals surface area contributed by atoms with Crippen LogP contribution in [0.3, 0.4) is 0 Å². The van der Waals surface area contributed by atoms with Crippen LogP contribution in [0.2, 0.25) is 0 Å². The Morgan fingerprint density at radius 3 is 2.23 bits per heavy atom. The van der Waals surface area contributed by atoms with Crippen molar-refractivity contribution < 1.29 is 9.53 Å². The van der Waals surface area contributed by atoms with Crippen LogP contribution in [0.15, 0.2) is 78.2 Å². The van der Waals surface area contributed by atoms with Gasteiger partial charge < -0.3 is 10.1 Å². The molecule has 0 spiro atoms. The number of carbonyl (C=O) groups is 1. The Kier molecular flexibility index (Phi) is 7.34. The zero-order valence-electron chi connectivity index (χ0n) is 15.6. The first-order valence-electron chi connectivity index (χ1n) is 8.75. The van der Waals surface area contributed by atoms with E-state index in [0.717, 1.165) is 10.5 Å². The number of hydrogen-bond donors (Lipinski definition) is 1. The molecule has 0 aliphatic heterocycles. The lowest BCUT2D eigenvalue weighted by Crippen LogP contribution is -2.45. The van der Waals surface area contributed by atoms with E-state index in [9.17, 15) is 4.79 Å². The largest absolute Gasteiger partial charge is 0.444 e. The molecule has 0 aliphatic carbocycles. The molecule has 1 unspecified atom stereocenters. The molecule has 1 amide bonds. The third kappa shape index (κ3) is 6.96. The number of nitrogens with one attached hydrogen (secondary N) is 1. The molecule has 2 aromatic rings. The monoisotopic (exact) mass is 369 g/mol. The predicted molar refractivity (Wildman–Crippen MR) is 110 cm³/mol. The van der Waals surface area contributed by atoms with Gasteiger partial charge >= 0.3 is 6.09 Å². The van der Waals surface area contributed by atoms with Gasteiger partial charge in [-0.15, -0.1) is 18.3 Å². The normalized spacial score (nSPS) is 13.5. The van der Waals surface area contributed by atoms with Crippen LogP contribution in [0, 0.1) is 0 Å². The van der Waals surface area contributed by atoms with Gasteiger partial charge in [0.15, 0.2) is 0 Å². The van der Waals surface area contributed by atoms with Crippen molar-refractivity contribution in [1.29, 1.82) is 0 Å². The van der Waals surface area contributed by atoms with E-state index in [1.807, 2.05) is 63.2 Å². The van der Waals surface area contributed by atoms with Gasteiger partial charge in [0, 0.05) is 10.1 Å². The first-order valence-corrected chi connectivity index (χ1v) is 9.63. The van der Waals surface area contributed by atoms with Gasteiger partial charge in [-0.1, -0.05) is 54.6 Å². The zero-order chi connectivity index (χ0) is 19.0. The average molecular weight is 370 g/mol. The standard InChI is InChI=1S/C22H27NO2S/c1-5-20(26-18-14-10-7-11-15-18)19(16-17-12-8-6-9-13-17)23-21(24)25-22(2,3)4/h5-15,19-20H,1,16H2,2-4H3,(H,23,24)/t19-,20?/m0/s1. The molecule has 0 saturated heterocycles. The molecule has 2 rings (SSSR count). The minimum Gasteiger partial charge on any atom is -0.444 e. The van der Waals surface area contributed by atoms with Crippen molar-refractivity contribution in [2.24, 2.45) is 0 Å². The summed E-state index contributed by atoms with van der Waals surface area (Å²) >= 11 is 1.69. The zero-order valence-corrected chi connectivity index (χ0v) is 16.5. The second kappa shape index (κ2) is 9.48. The number of rotatable bonds is 7. The molecule has 0 radical (unpaired) electrons. The third-order valence-corrected chi connectivity index (χ3v) is 4.98. The van der Waals surface area contributed by atoms with E-state index >= 15 is 0 Å². The van der Waals surface area contributed by atoms with Gasteiger partial charge in [0.25, 0.3) is 0 Å². The maximum absolute atomic E-state index is 12.4. The van der Waals surface area contributed by atoms with Crippen molar-refractivity contribution in [3.63, 3.8) is 0 Å². The second-order valence-electron chi connectivity index (χ2n) is 7.07. The van der Waals surface area contributed by atoms with Crippen molar-refractivity contribution >= 4 is 17.9 Å². The molecule has 3 nitrogen and oxygen atoms in total. The summed E-state index contributed by atoms with van der Waals surface area (Å²) in [5.41, 5.74) is 0.631. The lowest BCUT2D eigenvalue weighted by molar-refractivity contribution is 0.0506. The van der Waals surface area contributed by atoms with Gasteiger partial charge in [-0.25, -0.2) is 4.79 Å². The number of thioether (sulfide) groups is 1. The van der Waals surface area contributed by atoms with Crippen molar-refractivity contribution in [3.8, 4) is 0 Å². The van der Waals surface area contributed by atoms with Crippen LogP contribution < -0.4 is 5.32 Å². The highest BCUT2D eigenvalue weighted by Gasteiger charge is 2.25. The fourth-order valence-electron chi connectivity index (χ4n) is 2.53. The molecule has 0 fully saturated rings. The van der Waals surface area contributed by atoms with E-state index in [2.05, 4.69) is 36.2 Å². The van der Waals surface area contributed by atoms with Crippen LogP contribution in [-0.4, -0.2) is 23.0 Å². The Hall–Kier alpha value is -2.20. The number of carbonyl (C=O) groups excluding carboxylic acids is 1. The lowest BCUT2D eigenvalue weighted by Gasteiger charge is -2.27. The topological polar surface area (TPSA) is 38.3 Å². The highest BCUT2D eigenvalue weighted by atomic mass is 32.2. The number of amides is 1. The molecular weight excluding hydrogens is 342 g/mol. The minimum absolute atomic E-state index is 0.0186. The Morgan fingerprint density at radius 2 is 1.69 bits per heavy atom. The Bertz CT molecular complexity index is 695. The molecule has 4 heteroatoms. The van der Waals surface area contributed by atoms with Gasteiger partial charge in [0.05, 0.1) is 6.04 Å². The van der Waals surface area contributed by atoms with Gasteiger partial charge in [0.2, 0.25) is 0 Å². The summed E-state index contributed by atoms with van der Waals surface area (Å²) in [6, 6.07) is 20.1. The first-order chi connectivity index (χ1) is 12.4. The Labute approximate surface area is 160 Å². The fraction of sp³-hybridized carbons (Fsp3) is 0.318. The van der Waals surface area contributed by atoms with Gasteiger partial charge in [-0.3, -0.25) is 0 Å². The van der Waals surface area contributed by atoms with Crippen LogP contribution in [0.25, 0.3) is 0 Å². The Morgan fingerprint density at radius 1 is 1.12 bits per heavy atom. The molecule has 2 aromatic carbocycles. The highest BCUT2D eigenvalue weighted by Crippen LogP contribution is 2.27. The van der Waals surface area contributed by atoms with Crippen molar-refractivity contribution in [1.82, 2.24) is 5.32 Å². The van der Waals surface area contributed by atoms with E-state index < -0.39 is 11.7 Å². The Balaban J connectivity index is 2.16. The van der Waals surface area contributed by atoms with E-state index in [4.69, 9.17) is 4.74 Å². The van der Waals surface area contributed by atoms with Crippen LogP contribution in [0.1, 0.15) is 26.3 Å². The maximum Gasteiger partial charge on any atom is 0.407 e. The number of benzene rings is 2. The lowest BCUT2D eigenvalue weighted by atomic mass is 10.0. The van der Waals surface area contributed by atoms with Crippen LogP contribution in [-0.2, 0) is 11.2 Å². The SMILES string of the molecule is C=CC(Sc1ccccc1)[C@H](Cc1ccccc1)NC(=O)OC(C)(C)C. The quantitative estimate of drug-likeness (QED) is 0.519. The number of ether oxygens (including phenoxy) is 1. The average Bonchev–Trinajstić information content (AvgIpc) is 2.59. The van der Waals surface area contributed by atoms with E-state index in [-0.39, 0.29) is 11.3 Å². The molecule has 0 aliphatic rings. The third-order valence-electron chi connectivity index (χ3n) is 3.64. The fourth-order valence-corrected chi connectivity index (χ4v) is 3.58. The van der Waals surface area contributed by atoms with E-state index in [1.165, 1.54) is 0 Å². The molecule has 138 valence electrons. The predicted octanol–water partition coefficient (Wildman–Crippen LogP) is 5.47. The summed E-state index contributed by atoms with van der Waals surface area (Å²) in [5, 5.41) is 3.06. The molecule has 0 bridgehead atoms. The summed E-state index contributed by atoms with van der Waals surface area (Å²) in [6.07, 6.45) is 2.19. The molecule has 0 aromatic heterocycles. The first kappa shape index (κ1) is 20.1. The van der Waals surface area contributed by atoms with Gasteiger partial charge in [-0.05, 0) is 44.9 Å². The second-order valence-corrected chi connectivity index (χ2v) is 8.33. The smallest absolute Gasteiger partial charge is 0.407 e. The van der Waals surface area contributed by atoms with E-state index in [0.29, 0.717) is 6.42 Å². The van der Waals surface area contributed by atoms with Crippen LogP contribution in [0.5, 0.6) is 0 Å². The number of alkyl carbamates (subject to hydrolysis) is 1. The van der Waals surface area contributed by atoms with Crippen molar-refractivity contribution in [2.45, 2.75) is 49.0 Å². The minimum atomic E-state index is -0.530. The summed E-state index contributed by atoms with van der Waals surface area (Å²) in [4.78, 5) is 13.5. The molecule has 1 N–H and O–H groups in total. The molecule has 0 saturated carbocycles. The van der Waals surface area contributed by atoms with Crippen molar-refractivity contribution in [2.75, 3.05) is 0 Å². The highest BCUT2D eigenvalue weighted by molar-refractivity contribution is 8.00. The summed E-state index contributed by atoms with van der Waals surface area (Å²) in [6.45, 7) is 9.58. The van der Waals surface area contributed by atoms with E-state index in [1.54, 1.807) is 11.8 Å². The summed E-state index contributed by atoms with van der Waals surface area (Å²) in [7, 11) is 0. The summed E-state index contributed by atoms with van der Waals surface area (Å²) in [5.74, 6) is 0. The van der Waals surface area contributed by atoms with Crippen molar-refractivity contribution in [3.05, 3.63) is 78.9 Å².